The average Bonchev–Trinajstić information content (AvgIpc) is 3.51. The third kappa shape index (κ3) is 6.15. The van der Waals surface area contributed by atoms with Crippen LogP contribution in [0.1, 0.15) is 69.7 Å². The highest BCUT2D eigenvalue weighted by Crippen LogP contribution is 2.32. The lowest BCUT2D eigenvalue weighted by Gasteiger charge is -2.16. The largest absolute Gasteiger partial charge is 0.352 e. The first-order valence-electron chi connectivity index (χ1n) is 12.0. The number of hydrogen-bond acceptors (Lipinski definition) is 5. The third-order valence-electron chi connectivity index (χ3n) is 6.00. The van der Waals surface area contributed by atoms with Crippen LogP contribution in [0.15, 0.2) is 41.9 Å². The number of benzene rings is 2. The fraction of sp³-hybridized carbons (Fsp3) is 0.333. The predicted molar refractivity (Wildman–Crippen MR) is 139 cm³/mol. The van der Waals surface area contributed by atoms with E-state index in [1.807, 2.05) is 0 Å². The summed E-state index contributed by atoms with van der Waals surface area (Å²) in [5.41, 5.74) is 1.81. The molecule has 0 aliphatic heterocycles. The van der Waals surface area contributed by atoms with E-state index in [1.54, 1.807) is 36.7 Å². The van der Waals surface area contributed by atoms with Gasteiger partial charge in [-0.05, 0) is 73.1 Å². The highest BCUT2D eigenvalue weighted by molar-refractivity contribution is 7.13. The molecule has 1 aliphatic carbocycles. The highest BCUT2D eigenvalue weighted by atomic mass is 32.1. The maximum absolute atomic E-state index is 14.9. The second-order valence-corrected chi connectivity index (χ2v) is 10.3. The number of rotatable bonds is 9. The summed E-state index contributed by atoms with van der Waals surface area (Å²) in [7, 11) is 0. The molecule has 4 rings (SSSR count). The van der Waals surface area contributed by atoms with E-state index in [0.29, 0.717) is 39.8 Å². The molecule has 36 heavy (non-hydrogen) atoms. The molecule has 188 valence electrons. The van der Waals surface area contributed by atoms with Crippen LogP contribution in [0.2, 0.25) is 0 Å². The molecule has 1 fully saturated rings. The normalized spacial score (nSPS) is 12.9. The standard InChI is InChI=1S/C27H29FN4O3S/c1-15(2)8-9-29-24(33)17-4-7-20(22(12-17)26(35)32-27-30-10-11-36-27)21-13-18(14-23(28)16(21)3)25(34)31-19-5-6-19/h4,7,10-15,19H,5-6,8-9H2,1-3H3,(H,29,33)(H,31,34)(H,30,32,35). The molecule has 1 saturated carbocycles. The molecule has 3 N–H and O–H groups in total. The number of hydrogen-bond donors (Lipinski definition) is 3. The first-order valence-corrected chi connectivity index (χ1v) is 12.9. The fourth-order valence-electron chi connectivity index (χ4n) is 3.72. The van der Waals surface area contributed by atoms with Crippen LogP contribution in [0.5, 0.6) is 0 Å². The van der Waals surface area contributed by atoms with Gasteiger partial charge in [-0.25, -0.2) is 9.37 Å². The maximum Gasteiger partial charge on any atom is 0.258 e. The Kier molecular flexibility index (Phi) is 7.79. The van der Waals surface area contributed by atoms with E-state index in [1.165, 1.54) is 23.5 Å². The van der Waals surface area contributed by atoms with Crippen molar-refractivity contribution in [3.63, 3.8) is 0 Å². The summed E-state index contributed by atoms with van der Waals surface area (Å²) >= 11 is 1.26. The van der Waals surface area contributed by atoms with Gasteiger partial charge in [-0.1, -0.05) is 19.9 Å². The van der Waals surface area contributed by atoms with Crippen LogP contribution >= 0.6 is 11.3 Å². The van der Waals surface area contributed by atoms with Crippen molar-refractivity contribution >= 4 is 34.2 Å². The Morgan fingerprint density at radius 2 is 1.83 bits per heavy atom. The number of amides is 3. The molecule has 1 aromatic heterocycles. The van der Waals surface area contributed by atoms with E-state index in [9.17, 15) is 18.8 Å². The van der Waals surface area contributed by atoms with Gasteiger partial charge in [0.15, 0.2) is 5.13 Å². The molecule has 0 bridgehead atoms. The van der Waals surface area contributed by atoms with Gasteiger partial charge in [0.1, 0.15) is 5.82 Å². The number of anilines is 1. The lowest BCUT2D eigenvalue weighted by molar-refractivity contribution is 0.0942. The topological polar surface area (TPSA) is 100 Å². The Morgan fingerprint density at radius 3 is 2.50 bits per heavy atom. The van der Waals surface area contributed by atoms with Gasteiger partial charge >= 0.3 is 0 Å². The minimum absolute atomic E-state index is 0.124. The Bertz CT molecular complexity index is 1290. The SMILES string of the molecule is Cc1c(F)cc(C(=O)NC2CC2)cc1-c1ccc(C(=O)NCCC(C)C)cc1C(=O)Nc1nccs1. The van der Waals surface area contributed by atoms with Gasteiger partial charge in [0.25, 0.3) is 17.7 Å². The van der Waals surface area contributed by atoms with E-state index in [0.717, 1.165) is 19.3 Å². The Labute approximate surface area is 213 Å². The molecule has 1 heterocycles. The summed E-state index contributed by atoms with van der Waals surface area (Å²) in [4.78, 5) is 42.8. The monoisotopic (exact) mass is 508 g/mol. The maximum atomic E-state index is 14.9. The van der Waals surface area contributed by atoms with E-state index in [-0.39, 0.29) is 29.0 Å². The van der Waals surface area contributed by atoms with Gasteiger partial charge in [-0.15, -0.1) is 11.3 Å². The van der Waals surface area contributed by atoms with E-state index in [4.69, 9.17) is 0 Å². The van der Waals surface area contributed by atoms with Crippen LogP contribution in [0.25, 0.3) is 11.1 Å². The molecule has 1 aliphatic rings. The smallest absolute Gasteiger partial charge is 0.258 e. The molecule has 9 heteroatoms. The van der Waals surface area contributed by atoms with Gasteiger partial charge < -0.3 is 10.6 Å². The van der Waals surface area contributed by atoms with Crippen molar-refractivity contribution in [1.82, 2.24) is 15.6 Å². The van der Waals surface area contributed by atoms with Crippen LogP contribution in [-0.4, -0.2) is 35.3 Å². The average molecular weight is 509 g/mol. The van der Waals surface area contributed by atoms with Gasteiger partial charge in [0.2, 0.25) is 0 Å². The van der Waals surface area contributed by atoms with Crippen molar-refractivity contribution in [2.45, 2.75) is 46.1 Å². The number of carbonyl (C=O) groups excluding carboxylic acids is 3. The summed E-state index contributed by atoms with van der Waals surface area (Å²) in [6.45, 7) is 6.26. The number of nitrogens with zero attached hydrogens (tertiary/aromatic N) is 1. The molecule has 3 aromatic rings. The van der Waals surface area contributed by atoms with Crippen molar-refractivity contribution in [3.05, 3.63) is 70.0 Å². The molecule has 0 spiro atoms. The number of carbonyl (C=O) groups is 3. The second kappa shape index (κ2) is 11.0. The molecule has 0 saturated heterocycles. The van der Waals surface area contributed by atoms with E-state index >= 15 is 0 Å². The lowest BCUT2D eigenvalue weighted by atomic mass is 9.92. The molecule has 2 aromatic carbocycles. The van der Waals surface area contributed by atoms with Crippen molar-refractivity contribution in [2.75, 3.05) is 11.9 Å². The van der Waals surface area contributed by atoms with E-state index < -0.39 is 11.7 Å². The molecular formula is C27H29FN4O3S. The second-order valence-electron chi connectivity index (χ2n) is 9.37. The van der Waals surface area contributed by atoms with Gasteiger partial charge in [0.05, 0.1) is 0 Å². The van der Waals surface area contributed by atoms with Crippen molar-refractivity contribution in [2.24, 2.45) is 5.92 Å². The Hall–Kier alpha value is -3.59. The zero-order valence-electron chi connectivity index (χ0n) is 20.5. The van der Waals surface area contributed by atoms with Crippen molar-refractivity contribution < 1.29 is 18.8 Å². The first-order chi connectivity index (χ1) is 17.2. The van der Waals surface area contributed by atoms with Crippen LogP contribution in [0.4, 0.5) is 9.52 Å². The summed E-state index contributed by atoms with van der Waals surface area (Å²) in [5.74, 6) is -1.24. The Balaban J connectivity index is 1.73. The summed E-state index contributed by atoms with van der Waals surface area (Å²) in [6, 6.07) is 7.65. The molecule has 0 atom stereocenters. The van der Waals surface area contributed by atoms with E-state index in [2.05, 4.69) is 34.8 Å². The van der Waals surface area contributed by atoms with Gasteiger partial charge in [-0.3, -0.25) is 19.7 Å². The molecule has 3 amide bonds. The number of aromatic nitrogens is 1. The van der Waals surface area contributed by atoms with Crippen LogP contribution in [0.3, 0.4) is 0 Å². The summed E-state index contributed by atoms with van der Waals surface area (Å²) in [5, 5.41) is 10.6. The molecule has 0 unspecified atom stereocenters. The third-order valence-corrected chi connectivity index (χ3v) is 6.68. The number of thiazole rings is 1. The predicted octanol–water partition coefficient (Wildman–Crippen LogP) is 5.18. The first kappa shape index (κ1) is 25.5. The fourth-order valence-corrected chi connectivity index (χ4v) is 4.24. The minimum atomic E-state index is -0.546. The summed E-state index contributed by atoms with van der Waals surface area (Å²) in [6.07, 6.45) is 4.22. The van der Waals surface area contributed by atoms with Crippen LogP contribution < -0.4 is 16.0 Å². The van der Waals surface area contributed by atoms with Crippen molar-refractivity contribution in [1.29, 1.82) is 0 Å². The molecule has 7 nitrogen and oxygen atoms in total. The minimum Gasteiger partial charge on any atom is -0.352 e. The van der Waals surface area contributed by atoms with Crippen LogP contribution in [-0.2, 0) is 0 Å². The van der Waals surface area contributed by atoms with Crippen molar-refractivity contribution in [3.8, 4) is 11.1 Å². The number of nitrogens with one attached hydrogen (secondary N) is 3. The van der Waals surface area contributed by atoms with Crippen LogP contribution in [0, 0.1) is 18.7 Å². The zero-order valence-corrected chi connectivity index (χ0v) is 21.3. The number of halogens is 1. The van der Waals surface area contributed by atoms with Gasteiger partial charge in [0, 0.05) is 40.9 Å². The Morgan fingerprint density at radius 1 is 1.06 bits per heavy atom. The molecular weight excluding hydrogens is 479 g/mol. The quantitative estimate of drug-likeness (QED) is 0.371. The summed E-state index contributed by atoms with van der Waals surface area (Å²) < 4.78 is 14.9. The lowest BCUT2D eigenvalue weighted by Crippen LogP contribution is -2.26. The highest BCUT2D eigenvalue weighted by Gasteiger charge is 2.25. The zero-order chi connectivity index (χ0) is 25.8. The molecule has 0 radical (unpaired) electrons. The van der Waals surface area contributed by atoms with Gasteiger partial charge in [-0.2, -0.15) is 0 Å².